The number of azo groups is 1. The van der Waals surface area contributed by atoms with Crippen LogP contribution in [0.25, 0.3) is 10.8 Å². The predicted molar refractivity (Wildman–Crippen MR) is 152 cm³/mol. The minimum atomic E-state index is -4.26. The first-order chi connectivity index (χ1) is 18.4. The van der Waals surface area contributed by atoms with Crippen molar-refractivity contribution in [3.63, 3.8) is 0 Å². The number of unbranched alkanes of at least 4 members (excludes halogenated alkanes) is 10. The van der Waals surface area contributed by atoms with Crippen LogP contribution in [0, 0.1) is 0 Å². The van der Waals surface area contributed by atoms with Crippen LogP contribution in [0.3, 0.4) is 0 Å². The maximum Gasteiger partial charge on any atom is 1.00 e. The summed E-state index contributed by atoms with van der Waals surface area (Å²) in [5.41, 5.74) is 1.02. The largest absolute Gasteiger partial charge is 1.00 e. The van der Waals surface area contributed by atoms with Crippen molar-refractivity contribution in [1.29, 1.82) is 0 Å². The minimum absolute atomic E-state index is 0. The smallest absolute Gasteiger partial charge is 1.00 e. The van der Waals surface area contributed by atoms with Crippen LogP contribution in [-0.2, 0) is 14.9 Å². The molecular formula is C30H39N2NaO5S. The van der Waals surface area contributed by atoms with Crippen LogP contribution in [0.4, 0.5) is 11.4 Å². The van der Waals surface area contributed by atoms with Gasteiger partial charge in [-0.15, -0.1) is 5.11 Å². The number of fused-ring (bicyclic) bond motifs is 1. The summed E-state index contributed by atoms with van der Waals surface area (Å²) in [4.78, 5) is 12.3. The zero-order valence-corrected chi connectivity index (χ0v) is 26.0. The quantitative estimate of drug-likeness (QED) is 0.0557. The van der Waals surface area contributed by atoms with E-state index in [1.165, 1.54) is 75.6 Å². The van der Waals surface area contributed by atoms with Gasteiger partial charge in [0.25, 0.3) is 10.1 Å². The number of hydrogen-bond donors (Lipinski definition) is 1. The molecule has 206 valence electrons. The molecule has 39 heavy (non-hydrogen) atoms. The van der Waals surface area contributed by atoms with E-state index in [1.54, 1.807) is 12.1 Å². The van der Waals surface area contributed by atoms with E-state index in [4.69, 9.17) is 9.29 Å². The predicted octanol–water partition coefficient (Wildman–Crippen LogP) is 6.22. The van der Waals surface area contributed by atoms with Gasteiger partial charge in [0, 0.05) is 17.2 Å². The van der Waals surface area contributed by atoms with Crippen LogP contribution in [0.2, 0.25) is 0 Å². The second-order valence-electron chi connectivity index (χ2n) is 9.56. The van der Waals surface area contributed by atoms with Gasteiger partial charge in [0.2, 0.25) is 0 Å². The first kappa shape index (κ1) is 33.1. The molecule has 3 rings (SSSR count). The van der Waals surface area contributed by atoms with Crippen LogP contribution in [0.15, 0.2) is 75.8 Å². The standard InChI is InChI=1S/C30H38N2O5S.Na.H/c1-2-3-4-5-6-7-8-9-10-11-12-17-30(33)37-29-23-22-28(26-15-13-14-16-27(26)29)32-31-24-18-20-25(21-19-24)38(34,35)36;;/h13-16,18-23H,2-12,17H2,1H3,(H,34,35,36);;/q;+1;-1. The maximum absolute atomic E-state index is 12.5. The van der Waals surface area contributed by atoms with Crippen molar-refractivity contribution < 1.29 is 53.5 Å². The Morgan fingerprint density at radius 1 is 0.769 bits per heavy atom. The van der Waals surface area contributed by atoms with Crippen molar-refractivity contribution in [2.45, 2.75) is 88.9 Å². The topological polar surface area (TPSA) is 105 Å². The number of benzene rings is 3. The molecule has 0 aromatic heterocycles. The average Bonchev–Trinajstić information content (AvgIpc) is 2.91. The van der Waals surface area contributed by atoms with E-state index >= 15 is 0 Å². The molecule has 0 heterocycles. The molecule has 0 unspecified atom stereocenters. The third-order valence-corrected chi connectivity index (χ3v) is 7.34. The van der Waals surface area contributed by atoms with Gasteiger partial charge in [-0.2, -0.15) is 13.5 Å². The monoisotopic (exact) mass is 562 g/mol. The third-order valence-electron chi connectivity index (χ3n) is 6.48. The summed E-state index contributed by atoms with van der Waals surface area (Å²) < 4.78 is 37.2. The molecule has 0 aliphatic carbocycles. The molecule has 3 aromatic rings. The molecule has 7 nitrogen and oxygen atoms in total. The molecule has 0 saturated carbocycles. The summed E-state index contributed by atoms with van der Waals surface area (Å²) in [5.74, 6) is 0.254. The van der Waals surface area contributed by atoms with Gasteiger partial charge in [-0.05, 0) is 42.8 Å². The Kier molecular flexibility index (Phi) is 14.9. The summed E-state index contributed by atoms with van der Waals surface area (Å²) in [6, 6.07) is 16.4. The van der Waals surface area contributed by atoms with Crippen molar-refractivity contribution in [3.05, 3.63) is 60.7 Å². The van der Waals surface area contributed by atoms with Gasteiger partial charge in [-0.1, -0.05) is 95.4 Å². The Labute approximate surface area is 256 Å². The zero-order valence-electron chi connectivity index (χ0n) is 24.1. The molecule has 0 amide bonds. The van der Waals surface area contributed by atoms with Gasteiger partial charge >= 0.3 is 35.5 Å². The first-order valence-electron chi connectivity index (χ1n) is 13.6. The normalized spacial score (nSPS) is 11.5. The zero-order chi connectivity index (χ0) is 27.2. The second kappa shape index (κ2) is 17.6. The van der Waals surface area contributed by atoms with Gasteiger partial charge < -0.3 is 6.16 Å². The van der Waals surface area contributed by atoms with Crippen molar-refractivity contribution in [2.75, 3.05) is 0 Å². The van der Waals surface area contributed by atoms with Gasteiger partial charge in [-0.3, -0.25) is 9.35 Å². The number of rotatable bonds is 16. The van der Waals surface area contributed by atoms with E-state index < -0.39 is 10.1 Å². The van der Waals surface area contributed by atoms with Gasteiger partial charge in [-0.25, -0.2) is 0 Å². The fourth-order valence-electron chi connectivity index (χ4n) is 4.34. The van der Waals surface area contributed by atoms with E-state index in [0.29, 0.717) is 23.5 Å². The van der Waals surface area contributed by atoms with E-state index in [9.17, 15) is 13.2 Å². The number of nitrogens with zero attached hydrogens (tertiary/aromatic N) is 2. The Morgan fingerprint density at radius 2 is 1.33 bits per heavy atom. The molecule has 0 aliphatic heterocycles. The molecule has 3 aromatic carbocycles. The van der Waals surface area contributed by atoms with Gasteiger partial charge in [0.1, 0.15) is 5.75 Å². The number of ether oxygens (including phenoxy) is 1. The van der Waals surface area contributed by atoms with Gasteiger partial charge in [0.05, 0.1) is 16.3 Å². The van der Waals surface area contributed by atoms with Crippen LogP contribution in [0.5, 0.6) is 5.75 Å². The maximum atomic E-state index is 12.5. The Bertz CT molecular complexity index is 1320. The van der Waals surface area contributed by atoms with Crippen LogP contribution < -0.4 is 34.3 Å². The molecule has 0 spiro atoms. The molecule has 0 aliphatic rings. The third kappa shape index (κ3) is 11.5. The SMILES string of the molecule is CCCCCCCCCCCCCC(=O)Oc1ccc(N=Nc2ccc(S(=O)(=O)O)cc2)c2ccccc12.[H-].[Na+]. The molecular weight excluding hydrogens is 523 g/mol. The van der Waals surface area contributed by atoms with Crippen LogP contribution in [-0.4, -0.2) is 18.9 Å². The van der Waals surface area contributed by atoms with Crippen molar-refractivity contribution in [3.8, 4) is 5.75 Å². The van der Waals surface area contributed by atoms with Gasteiger partial charge in [0.15, 0.2) is 0 Å². The summed E-state index contributed by atoms with van der Waals surface area (Å²) >= 11 is 0. The first-order valence-corrected chi connectivity index (χ1v) is 15.0. The molecule has 0 radical (unpaired) electrons. The summed E-state index contributed by atoms with van der Waals surface area (Å²) in [6.45, 7) is 2.24. The van der Waals surface area contributed by atoms with E-state index in [2.05, 4.69) is 17.2 Å². The Balaban J connectivity index is 0.00000400. The van der Waals surface area contributed by atoms with Crippen LogP contribution >= 0.6 is 0 Å². The fourth-order valence-corrected chi connectivity index (χ4v) is 4.82. The van der Waals surface area contributed by atoms with E-state index in [1.807, 2.05) is 24.3 Å². The van der Waals surface area contributed by atoms with E-state index in [-0.39, 0.29) is 41.8 Å². The molecule has 0 atom stereocenters. The van der Waals surface area contributed by atoms with Crippen molar-refractivity contribution in [2.24, 2.45) is 10.2 Å². The number of carbonyl (C=O) groups is 1. The number of esters is 1. The Hall–Kier alpha value is -2.10. The molecule has 0 bridgehead atoms. The molecule has 9 heteroatoms. The number of carbonyl (C=O) groups excluding carboxylic acids is 1. The summed E-state index contributed by atoms with van der Waals surface area (Å²) in [6.07, 6.45) is 13.9. The fraction of sp³-hybridized carbons (Fsp3) is 0.433. The summed E-state index contributed by atoms with van der Waals surface area (Å²) in [5, 5.41) is 10.0. The molecule has 1 N–H and O–H groups in total. The van der Waals surface area contributed by atoms with Crippen molar-refractivity contribution >= 4 is 38.2 Å². The Morgan fingerprint density at radius 3 is 1.92 bits per heavy atom. The van der Waals surface area contributed by atoms with Crippen LogP contribution in [0.1, 0.15) is 85.4 Å². The second-order valence-corrected chi connectivity index (χ2v) is 11.0. The van der Waals surface area contributed by atoms with Crippen molar-refractivity contribution in [1.82, 2.24) is 0 Å². The average molecular weight is 563 g/mol. The summed E-state index contributed by atoms with van der Waals surface area (Å²) in [7, 11) is -4.26. The molecule has 0 fully saturated rings. The van der Waals surface area contributed by atoms with E-state index in [0.717, 1.165) is 30.0 Å². The number of hydrogen-bond acceptors (Lipinski definition) is 6. The minimum Gasteiger partial charge on any atom is -1.00 e. The molecule has 0 saturated heterocycles.